The number of fused-ring (bicyclic) bond motifs is 1. The van der Waals surface area contributed by atoms with Crippen LogP contribution in [0.5, 0.6) is 0 Å². The quantitative estimate of drug-likeness (QED) is 0.619. The number of aryl methyl sites for hydroxylation is 1. The van der Waals surface area contributed by atoms with Gasteiger partial charge in [0.1, 0.15) is 0 Å². The Morgan fingerprint density at radius 1 is 1.04 bits per heavy atom. The van der Waals surface area contributed by atoms with Gasteiger partial charge in [-0.25, -0.2) is 0 Å². The number of hydrogen-bond donors (Lipinski definition) is 0. The second-order valence-corrected chi connectivity index (χ2v) is 8.99. The van der Waals surface area contributed by atoms with E-state index in [0.29, 0.717) is 0 Å². The van der Waals surface area contributed by atoms with E-state index in [0.717, 1.165) is 40.4 Å². The van der Waals surface area contributed by atoms with Gasteiger partial charge in [0.2, 0.25) is 0 Å². The maximum atomic E-state index is 13.1. The summed E-state index contributed by atoms with van der Waals surface area (Å²) in [6.07, 6.45) is 5.35. The predicted octanol–water partition coefficient (Wildman–Crippen LogP) is 3.07. The Bertz CT molecular complexity index is 988. The maximum absolute atomic E-state index is 13.1. The zero-order valence-corrected chi connectivity index (χ0v) is 16.8. The summed E-state index contributed by atoms with van der Waals surface area (Å²) in [5.41, 5.74) is 4.58. The molecular weight excluding hydrogens is 387 g/mol. The van der Waals surface area contributed by atoms with Crippen molar-refractivity contribution in [3.63, 3.8) is 0 Å². The van der Waals surface area contributed by atoms with Crippen LogP contribution < -0.4 is 4.46 Å². The number of aromatic nitrogens is 1. The minimum absolute atomic E-state index is 0.205. The fourth-order valence-electron chi connectivity index (χ4n) is 3.53. The molecule has 0 amide bonds. The van der Waals surface area contributed by atoms with Crippen molar-refractivity contribution >= 4 is 40.6 Å². The topological polar surface area (TPSA) is 25.2 Å². The van der Waals surface area contributed by atoms with Crippen LogP contribution in [0.3, 0.4) is 0 Å². The molecule has 26 heavy (non-hydrogen) atoms. The molecule has 4 heteroatoms. The summed E-state index contributed by atoms with van der Waals surface area (Å²) < 4.78 is 3.45. The Morgan fingerprint density at radius 3 is 2.58 bits per heavy atom. The molecule has 0 bridgehead atoms. The monoisotopic (exact) mass is 410 g/mol. The zero-order valence-electron chi connectivity index (χ0n) is 15.1. The summed E-state index contributed by atoms with van der Waals surface area (Å²) in [5, 5.41) is 1.12. The van der Waals surface area contributed by atoms with Crippen molar-refractivity contribution in [3.8, 4) is 0 Å². The molecule has 1 aliphatic heterocycles. The average molecular weight is 409 g/mol. The van der Waals surface area contributed by atoms with E-state index in [1.807, 2.05) is 43.6 Å². The molecule has 0 radical (unpaired) electrons. The number of carbonyl (C=O) groups is 1. The van der Waals surface area contributed by atoms with Gasteiger partial charge in [-0.3, -0.25) is 0 Å². The molecule has 2 aromatic carbocycles. The van der Waals surface area contributed by atoms with Crippen LogP contribution in [0.25, 0.3) is 16.5 Å². The molecule has 4 rings (SSSR count). The van der Waals surface area contributed by atoms with Crippen molar-refractivity contribution in [3.05, 3.63) is 71.9 Å². The molecule has 3 nitrogen and oxygen atoms in total. The van der Waals surface area contributed by atoms with E-state index in [2.05, 4.69) is 40.8 Å². The first-order chi connectivity index (χ1) is 12.6. The van der Waals surface area contributed by atoms with Crippen LogP contribution in [0, 0.1) is 0 Å². The number of nitrogens with zero attached hydrogens (tertiary/aromatic N) is 2. The molecule has 1 aliphatic rings. The van der Waals surface area contributed by atoms with Gasteiger partial charge in [-0.05, 0) is 0 Å². The molecule has 2 heterocycles. The van der Waals surface area contributed by atoms with E-state index in [-0.39, 0.29) is 19.6 Å². The number of likely N-dealkylation sites (N-methyl/N-ethyl adjacent to an activating group) is 1. The van der Waals surface area contributed by atoms with Gasteiger partial charge in [0.25, 0.3) is 0 Å². The second-order valence-electron chi connectivity index (χ2n) is 6.80. The van der Waals surface area contributed by atoms with Gasteiger partial charge in [0.15, 0.2) is 0 Å². The third-order valence-electron chi connectivity index (χ3n) is 4.95. The first-order valence-corrected chi connectivity index (χ1v) is 10.6. The molecule has 0 unspecified atom stereocenters. The Kier molecular flexibility index (Phi) is 4.81. The summed E-state index contributed by atoms with van der Waals surface area (Å²) in [4.78, 5) is 15.4. The van der Waals surface area contributed by atoms with Crippen molar-refractivity contribution in [1.82, 2.24) is 9.47 Å². The van der Waals surface area contributed by atoms with Crippen LogP contribution in [-0.2, 0) is 7.05 Å². The van der Waals surface area contributed by atoms with Crippen LogP contribution in [0.4, 0.5) is 0 Å². The number of rotatable bonds is 4. The molecule has 3 aromatic rings. The van der Waals surface area contributed by atoms with E-state index >= 15 is 0 Å². The van der Waals surface area contributed by atoms with Crippen molar-refractivity contribution in [2.24, 2.45) is 7.05 Å². The van der Waals surface area contributed by atoms with Gasteiger partial charge in [-0.15, -0.1) is 0 Å². The van der Waals surface area contributed by atoms with Gasteiger partial charge in [0.05, 0.1) is 0 Å². The molecule has 0 N–H and O–H groups in total. The Morgan fingerprint density at radius 2 is 1.85 bits per heavy atom. The SMILES string of the molecule is CN1CC=C(c2cccc3c2c(C(=O)[Se]c2ccccc2)cn3C)CC1. The summed E-state index contributed by atoms with van der Waals surface area (Å²) in [6, 6.07) is 16.5. The van der Waals surface area contributed by atoms with Crippen LogP contribution in [0.2, 0.25) is 0 Å². The molecule has 132 valence electrons. The molecule has 0 spiro atoms. The van der Waals surface area contributed by atoms with E-state index < -0.39 is 0 Å². The summed E-state index contributed by atoms with van der Waals surface area (Å²) in [6.45, 7) is 2.03. The zero-order chi connectivity index (χ0) is 18.1. The Labute approximate surface area is 160 Å². The first kappa shape index (κ1) is 17.3. The molecule has 0 saturated carbocycles. The molecular formula is C22H22N2OSe. The van der Waals surface area contributed by atoms with Crippen LogP contribution in [0.15, 0.2) is 60.8 Å². The van der Waals surface area contributed by atoms with Crippen LogP contribution in [-0.4, -0.2) is 49.2 Å². The number of benzene rings is 2. The van der Waals surface area contributed by atoms with Crippen molar-refractivity contribution in [2.45, 2.75) is 6.42 Å². The van der Waals surface area contributed by atoms with Gasteiger partial charge in [0, 0.05) is 0 Å². The summed E-state index contributed by atoms with van der Waals surface area (Å²) in [7, 11) is 4.18. The molecule has 0 aliphatic carbocycles. The number of carbonyl (C=O) groups excluding carboxylic acids is 1. The molecule has 0 fully saturated rings. The fourth-order valence-corrected chi connectivity index (χ4v) is 5.15. The minimum atomic E-state index is -0.205. The van der Waals surface area contributed by atoms with E-state index in [1.54, 1.807) is 0 Å². The van der Waals surface area contributed by atoms with Gasteiger partial charge in [-0.2, -0.15) is 0 Å². The van der Waals surface area contributed by atoms with E-state index in [4.69, 9.17) is 0 Å². The van der Waals surface area contributed by atoms with E-state index in [1.165, 1.54) is 11.1 Å². The predicted molar refractivity (Wildman–Crippen MR) is 109 cm³/mol. The Balaban J connectivity index is 1.79. The van der Waals surface area contributed by atoms with Crippen LogP contribution >= 0.6 is 0 Å². The van der Waals surface area contributed by atoms with Crippen molar-refractivity contribution < 1.29 is 4.79 Å². The molecule has 0 saturated heterocycles. The average Bonchev–Trinajstić information content (AvgIpc) is 3.01. The third kappa shape index (κ3) is 3.28. The standard InChI is InChI=1S/C22H22N2OSe/c1-23-13-11-16(12-14-23)18-9-6-10-20-21(18)19(15-24(20)2)22(25)26-17-7-4-3-5-8-17/h3-11,15H,12-14H2,1-2H3. The normalized spacial score (nSPS) is 15.2. The fraction of sp³-hybridized carbons (Fsp3) is 0.227. The van der Waals surface area contributed by atoms with Crippen molar-refractivity contribution in [1.29, 1.82) is 0 Å². The van der Waals surface area contributed by atoms with Crippen molar-refractivity contribution in [2.75, 3.05) is 20.1 Å². The Hall–Kier alpha value is -2.13. The van der Waals surface area contributed by atoms with Gasteiger partial charge in [-0.1, -0.05) is 0 Å². The van der Waals surface area contributed by atoms with Gasteiger partial charge >= 0.3 is 160 Å². The summed E-state index contributed by atoms with van der Waals surface area (Å²) in [5.74, 6) is 0. The first-order valence-electron chi connectivity index (χ1n) is 8.86. The van der Waals surface area contributed by atoms with E-state index in [9.17, 15) is 4.79 Å². The molecule has 1 aromatic heterocycles. The second kappa shape index (κ2) is 7.24. The van der Waals surface area contributed by atoms with Gasteiger partial charge < -0.3 is 0 Å². The third-order valence-corrected chi connectivity index (χ3v) is 6.86. The van der Waals surface area contributed by atoms with Crippen LogP contribution in [0.1, 0.15) is 22.3 Å². The summed E-state index contributed by atoms with van der Waals surface area (Å²) >= 11 is -0.205. The molecule has 0 atom stereocenters. The number of hydrogen-bond acceptors (Lipinski definition) is 2.